The number of primary amides is 1. The molecule has 5 nitrogen and oxygen atoms in total. The number of rotatable bonds is 2. The van der Waals surface area contributed by atoms with Crippen molar-refractivity contribution >= 4 is 55.7 Å². The first-order valence-corrected chi connectivity index (χ1v) is 9.12. The Morgan fingerprint density at radius 2 is 1.79 bits per heavy atom. The summed E-state index contributed by atoms with van der Waals surface area (Å²) in [5, 5.41) is 4.45. The number of carbonyl (C=O) groups is 2. The van der Waals surface area contributed by atoms with E-state index in [4.69, 9.17) is 5.73 Å². The van der Waals surface area contributed by atoms with E-state index in [2.05, 4.69) is 10.6 Å². The van der Waals surface area contributed by atoms with E-state index >= 15 is 0 Å². The molecule has 0 radical (unpaired) electrons. The van der Waals surface area contributed by atoms with Crippen LogP contribution >= 0.6 is 0 Å². The molecule has 5 aromatic rings. The molecule has 5 heteroatoms. The second kappa shape index (κ2) is 5.45. The van der Waals surface area contributed by atoms with Crippen molar-refractivity contribution in [1.29, 1.82) is 0 Å². The molecule has 0 saturated carbocycles. The van der Waals surface area contributed by atoms with E-state index < -0.39 is 5.91 Å². The highest BCUT2D eigenvalue weighted by Crippen LogP contribution is 2.42. The Labute approximate surface area is 160 Å². The van der Waals surface area contributed by atoms with E-state index in [9.17, 15) is 9.59 Å². The van der Waals surface area contributed by atoms with Gasteiger partial charge in [-0.2, -0.15) is 0 Å². The van der Waals surface area contributed by atoms with Crippen LogP contribution < -0.4 is 5.73 Å². The predicted molar refractivity (Wildman–Crippen MR) is 113 cm³/mol. The van der Waals surface area contributed by atoms with Crippen LogP contribution in [0.3, 0.4) is 0 Å². The number of aromatic nitrogens is 2. The fourth-order valence-corrected chi connectivity index (χ4v) is 4.75. The zero-order chi connectivity index (χ0) is 19.7. The van der Waals surface area contributed by atoms with E-state index in [0.717, 1.165) is 55.3 Å². The van der Waals surface area contributed by atoms with E-state index in [1.807, 2.05) is 62.1 Å². The number of para-hydroxylation sites is 1. The number of benzene rings is 3. The Bertz CT molecular complexity index is 1480. The van der Waals surface area contributed by atoms with Gasteiger partial charge in [-0.05, 0) is 30.7 Å². The third kappa shape index (κ3) is 1.85. The number of hydrogen-bond acceptors (Lipinski definition) is 2. The van der Waals surface area contributed by atoms with Gasteiger partial charge in [0.05, 0.1) is 16.6 Å². The fraction of sp³-hybridized carbons (Fsp3) is 0.130. The van der Waals surface area contributed by atoms with Crippen molar-refractivity contribution in [1.82, 2.24) is 9.13 Å². The Balaban J connectivity index is 2.30. The van der Waals surface area contributed by atoms with Crippen LogP contribution in [0.15, 0.2) is 42.6 Å². The molecule has 0 bridgehead atoms. The molecule has 2 aromatic heterocycles. The van der Waals surface area contributed by atoms with E-state index in [0.29, 0.717) is 11.1 Å². The van der Waals surface area contributed by atoms with Crippen molar-refractivity contribution in [2.24, 2.45) is 19.8 Å². The predicted octanol–water partition coefficient (Wildman–Crippen LogP) is 4.20. The van der Waals surface area contributed by atoms with Gasteiger partial charge in [-0.25, -0.2) is 0 Å². The van der Waals surface area contributed by atoms with Crippen LogP contribution in [0, 0.1) is 6.92 Å². The number of amides is 1. The maximum atomic E-state index is 12.6. The molecule has 0 atom stereocenters. The minimum Gasteiger partial charge on any atom is -0.366 e. The molecule has 3 aromatic carbocycles. The largest absolute Gasteiger partial charge is 0.366 e. The van der Waals surface area contributed by atoms with Gasteiger partial charge in [-0.15, -0.1) is 0 Å². The monoisotopic (exact) mass is 369 g/mol. The van der Waals surface area contributed by atoms with E-state index in [-0.39, 0.29) is 0 Å². The zero-order valence-electron chi connectivity index (χ0n) is 15.9. The van der Waals surface area contributed by atoms with Crippen LogP contribution in [0.4, 0.5) is 0 Å². The van der Waals surface area contributed by atoms with Crippen LogP contribution in [0.5, 0.6) is 0 Å². The fourth-order valence-electron chi connectivity index (χ4n) is 4.75. The molecule has 0 spiro atoms. The zero-order valence-corrected chi connectivity index (χ0v) is 15.9. The molecular weight excluding hydrogens is 350 g/mol. The second-order valence-corrected chi connectivity index (χ2v) is 7.38. The first kappa shape index (κ1) is 16.6. The van der Waals surface area contributed by atoms with Gasteiger partial charge < -0.3 is 14.9 Å². The minimum absolute atomic E-state index is 0.296. The lowest BCUT2D eigenvalue weighted by Gasteiger charge is -2.15. The van der Waals surface area contributed by atoms with Gasteiger partial charge in [-0.3, -0.25) is 9.59 Å². The van der Waals surface area contributed by atoms with Crippen molar-refractivity contribution < 1.29 is 9.59 Å². The smallest absolute Gasteiger partial charge is 0.250 e. The molecule has 0 fully saturated rings. The summed E-state index contributed by atoms with van der Waals surface area (Å²) < 4.78 is 4.08. The summed E-state index contributed by atoms with van der Waals surface area (Å²) in [7, 11) is 3.94. The molecule has 28 heavy (non-hydrogen) atoms. The van der Waals surface area contributed by atoms with Gasteiger partial charge in [0.1, 0.15) is 0 Å². The number of nitrogens with two attached hydrogens (primary N) is 1. The van der Waals surface area contributed by atoms with E-state index in [1.54, 1.807) is 0 Å². The highest BCUT2D eigenvalue weighted by Gasteiger charge is 2.25. The first-order chi connectivity index (χ1) is 13.5. The van der Waals surface area contributed by atoms with Gasteiger partial charge in [0.15, 0.2) is 6.29 Å². The lowest BCUT2D eigenvalue weighted by Crippen LogP contribution is -2.15. The van der Waals surface area contributed by atoms with Crippen LogP contribution in [-0.4, -0.2) is 21.3 Å². The standard InChI is InChI=1S/C23H19N3O2/c1-12-10-13-8-9-25(2)21(13)20-17(12)22-18(15(11-27)19(20)23(24)28)14-6-4-5-7-16(14)26(22)3/h4-11H,1-3H3,(H2,24,28). The SMILES string of the molecule is Cc1cc2ccn(C)c2c2c(C(N)=O)c(C=O)c3c4ccccc4n(C)c3c12. The van der Waals surface area contributed by atoms with Crippen LogP contribution in [0.1, 0.15) is 26.3 Å². The van der Waals surface area contributed by atoms with Crippen molar-refractivity contribution in [3.05, 3.63) is 59.3 Å². The molecule has 0 aliphatic carbocycles. The van der Waals surface area contributed by atoms with Gasteiger partial charge in [0.25, 0.3) is 0 Å². The first-order valence-electron chi connectivity index (χ1n) is 9.12. The van der Waals surface area contributed by atoms with Crippen LogP contribution in [0.25, 0.3) is 43.5 Å². The maximum absolute atomic E-state index is 12.6. The average Bonchev–Trinajstić information content (AvgIpc) is 3.19. The highest BCUT2D eigenvalue weighted by molar-refractivity contribution is 6.32. The van der Waals surface area contributed by atoms with Crippen molar-refractivity contribution in [2.75, 3.05) is 0 Å². The van der Waals surface area contributed by atoms with Crippen LogP contribution in [0.2, 0.25) is 0 Å². The lowest BCUT2D eigenvalue weighted by atomic mass is 9.90. The summed E-state index contributed by atoms with van der Waals surface area (Å²) >= 11 is 0. The summed E-state index contributed by atoms with van der Waals surface area (Å²) in [6, 6.07) is 12.1. The second-order valence-electron chi connectivity index (χ2n) is 7.38. The third-order valence-electron chi connectivity index (χ3n) is 5.85. The Morgan fingerprint density at radius 3 is 2.50 bits per heavy atom. The molecule has 0 unspecified atom stereocenters. The normalized spacial score (nSPS) is 11.8. The molecule has 0 aliphatic rings. The summed E-state index contributed by atoms with van der Waals surface area (Å²) in [6.07, 6.45) is 2.73. The Hall–Kier alpha value is -3.60. The molecule has 1 amide bonds. The molecule has 0 saturated heterocycles. The number of hydrogen-bond donors (Lipinski definition) is 1. The Morgan fingerprint density at radius 1 is 1.04 bits per heavy atom. The van der Waals surface area contributed by atoms with Gasteiger partial charge in [-0.1, -0.05) is 18.2 Å². The summed E-state index contributed by atoms with van der Waals surface area (Å²) in [6.45, 7) is 2.04. The number of nitrogens with zero attached hydrogens (tertiary/aromatic N) is 2. The molecule has 5 rings (SSSR count). The summed E-state index contributed by atoms with van der Waals surface area (Å²) in [5.41, 5.74) is 10.4. The summed E-state index contributed by atoms with van der Waals surface area (Å²) in [5.74, 6) is -0.588. The summed E-state index contributed by atoms with van der Waals surface area (Å²) in [4.78, 5) is 24.9. The lowest BCUT2D eigenvalue weighted by molar-refractivity contribution is 0.0995. The van der Waals surface area contributed by atoms with Gasteiger partial charge >= 0.3 is 0 Å². The molecule has 0 aliphatic heterocycles. The third-order valence-corrected chi connectivity index (χ3v) is 5.85. The maximum Gasteiger partial charge on any atom is 0.250 e. The molecular formula is C23H19N3O2. The van der Waals surface area contributed by atoms with Crippen LogP contribution in [-0.2, 0) is 14.1 Å². The van der Waals surface area contributed by atoms with Crippen molar-refractivity contribution in [2.45, 2.75) is 6.92 Å². The Kier molecular flexibility index (Phi) is 3.23. The topological polar surface area (TPSA) is 70.0 Å². The molecule has 2 heterocycles. The molecule has 2 N–H and O–H groups in total. The number of carbonyl (C=O) groups excluding carboxylic acids is 2. The van der Waals surface area contributed by atoms with Gasteiger partial charge in [0.2, 0.25) is 5.91 Å². The number of aldehydes is 1. The minimum atomic E-state index is -0.588. The van der Waals surface area contributed by atoms with E-state index in [1.165, 1.54) is 0 Å². The number of fused-ring (bicyclic) bond motifs is 7. The van der Waals surface area contributed by atoms with Gasteiger partial charge in [0, 0.05) is 58.3 Å². The van der Waals surface area contributed by atoms with Crippen molar-refractivity contribution in [3.8, 4) is 0 Å². The van der Waals surface area contributed by atoms with Crippen molar-refractivity contribution in [3.63, 3.8) is 0 Å². The average molecular weight is 369 g/mol. The quantitative estimate of drug-likeness (QED) is 0.474. The number of aryl methyl sites for hydroxylation is 3. The highest BCUT2D eigenvalue weighted by atomic mass is 16.1. The molecule has 138 valence electrons.